The van der Waals surface area contributed by atoms with Crippen LogP contribution in [0.4, 0.5) is 5.69 Å². The predicted molar refractivity (Wildman–Crippen MR) is 85.7 cm³/mol. The fourth-order valence-corrected chi connectivity index (χ4v) is 2.44. The van der Waals surface area contributed by atoms with Crippen molar-refractivity contribution in [3.63, 3.8) is 0 Å². The number of carbonyl (C=O) groups is 2. The summed E-state index contributed by atoms with van der Waals surface area (Å²) in [5.74, 6) is -0.656. The molecule has 0 saturated heterocycles. The molecule has 23 heavy (non-hydrogen) atoms. The Bertz CT molecular complexity index is 891. The number of nitrogens with zero attached hydrogens (tertiary/aromatic N) is 1. The summed E-state index contributed by atoms with van der Waals surface area (Å²) in [6, 6.07) is 15.8. The lowest BCUT2D eigenvalue weighted by molar-refractivity contribution is 0.0963. The smallest absolute Gasteiger partial charge is 0.258 e. The fraction of sp³-hybridized carbons (Fsp3) is 0.0556. The molecule has 0 aliphatic carbocycles. The molecule has 2 aromatic carbocycles. The average molecular weight is 303 g/mol. The van der Waals surface area contributed by atoms with Crippen molar-refractivity contribution in [1.29, 1.82) is 5.26 Å². The first-order valence-electron chi connectivity index (χ1n) is 7.04. The number of benzene rings is 2. The molecule has 0 spiro atoms. The van der Waals surface area contributed by atoms with Crippen LogP contribution in [-0.4, -0.2) is 11.7 Å². The molecular weight excluding hydrogens is 290 g/mol. The molecule has 1 amide bonds. The monoisotopic (exact) mass is 303 g/mol. The highest BCUT2D eigenvalue weighted by molar-refractivity contribution is 6.14. The molecule has 0 atom stereocenters. The minimum atomic E-state index is -0.423. The van der Waals surface area contributed by atoms with Crippen molar-refractivity contribution in [2.75, 3.05) is 5.32 Å². The summed E-state index contributed by atoms with van der Waals surface area (Å²) in [4.78, 5) is 24.8. The maximum absolute atomic E-state index is 12.6. The topological polar surface area (TPSA) is 82.0 Å². The van der Waals surface area contributed by atoms with Crippen LogP contribution in [0.3, 0.4) is 0 Å². The van der Waals surface area contributed by atoms with Gasteiger partial charge in [-0.25, -0.2) is 0 Å². The third-order valence-electron chi connectivity index (χ3n) is 3.65. The Labute approximate surface area is 133 Å². The van der Waals surface area contributed by atoms with E-state index in [0.29, 0.717) is 16.8 Å². The van der Waals surface area contributed by atoms with Gasteiger partial charge in [-0.15, -0.1) is 0 Å². The van der Waals surface area contributed by atoms with E-state index in [1.807, 2.05) is 12.1 Å². The number of anilines is 1. The van der Waals surface area contributed by atoms with Crippen molar-refractivity contribution in [2.45, 2.75) is 6.92 Å². The largest absolute Gasteiger partial charge is 0.340 e. The van der Waals surface area contributed by atoms with Gasteiger partial charge in [-0.3, -0.25) is 9.59 Å². The number of para-hydroxylation sites is 1. The molecular formula is C18H13N3O2. The first-order chi connectivity index (χ1) is 11.1. The van der Waals surface area contributed by atoms with Crippen molar-refractivity contribution >= 4 is 17.4 Å². The van der Waals surface area contributed by atoms with Crippen LogP contribution >= 0.6 is 0 Å². The maximum Gasteiger partial charge on any atom is 0.258 e. The molecule has 1 heterocycles. The number of hydrogen-bond donors (Lipinski definition) is 2. The second-order valence-corrected chi connectivity index (χ2v) is 5.13. The minimum absolute atomic E-state index is 0.115. The summed E-state index contributed by atoms with van der Waals surface area (Å²) in [5, 5.41) is 14.9. The van der Waals surface area contributed by atoms with E-state index in [1.54, 1.807) is 49.4 Å². The second kappa shape index (κ2) is 5.78. The molecule has 0 unspecified atom stereocenters. The predicted octanol–water partition coefficient (Wildman–Crippen LogP) is 2.77. The number of hydrogen-bond acceptors (Lipinski definition) is 4. The van der Waals surface area contributed by atoms with Crippen LogP contribution in [-0.2, 0) is 0 Å². The quantitative estimate of drug-likeness (QED) is 0.508. The van der Waals surface area contributed by atoms with Gasteiger partial charge in [-0.05, 0) is 24.6 Å². The second-order valence-electron chi connectivity index (χ2n) is 5.13. The number of ketones is 1. The van der Waals surface area contributed by atoms with E-state index < -0.39 is 5.78 Å². The number of aryl methyl sites for hydroxylation is 1. The van der Waals surface area contributed by atoms with Crippen molar-refractivity contribution in [1.82, 2.24) is 5.32 Å². The molecule has 2 N–H and O–H groups in total. The van der Waals surface area contributed by atoms with E-state index in [2.05, 4.69) is 10.6 Å². The maximum atomic E-state index is 12.6. The van der Waals surface area contributed by atoms with Crippen molar-refractivity contribution in [2.24, 2.45) is 0 Å². The Kier molecular flexibility index (Phi) is 3.65. The van der Waals surface area contributed by atoms with E-state index in [4.69, 9.17) is 0 Å². The van der Waals surface area contributed by atoms with E-state index in [0.717, 1.165) is 5.56 Å². The third kappa shape index (κ3) is 2.58. The van der Waals surface area contributed by atoms with Gasteiger partial charge >= 0.3 is 0 Å². The molecule has 0 fully saturated rings. The number of nitriles is 1. The van der Waals surface area contributed by atoms with Crippen LogP contribution < -0.4 is 10.6 Å². The molecule has 3 rings (SSSR count). The number of nitrogens with one attached hydrogen (secondary N) is 2. The Morgan fingerprint density at radius 1 is 1.04 bits per heavy atom. The van der Waals surface area contributed by atoms with Gasteiger partial charge in [0.1, 0.15) is 17.5 Å². The van der Waals surface area contributed by atoms with Gasteiger partial charge < -0.3 is 10.6 Å². The van der Waals surface area contributed by atoms with Crippen LogP contribution in [0.1, 0.15) is 26.3 Å². The third-order valence-corrected chi connectivity index (χ3v) is 3.65. The van der Waals surface area contributed by atoms with Crippen LogP contribution in [0, 0.1) is 18.3 Å². The summed E-state index contributed by atoms with van der Waals surface area (Å²) in [6.45, 7) is 1.80. The number of allylic oxidation sites excluding steroid dienone is 1. The number of fused-ring (bicyclic) bond motifs is 1. The van der Waals surface area contributed by atoms with Crippen LogP contribution in [0.2, 0.25) is 0 Å². The molecule has 1 aliphatic heterocycles. The molecule has 112 valence electrons. The average Bonchev–Trinajstić information content (AvgIpc) is 2.56. The molecule has 0 bridgehead atoms. The Morgan fingerprint density at radius 2 is 1.74 bits per heavy atom. The highest BCUT2D eigenvalue weighted by Crippen LogP contribution is 2.23. The lowest BCUT2D eigenvalue weighted by Gasteiger charge is -2.22. The van der Waals surface area contributed by atoms with Gasteiger partial charge in [-0.2, -0.15) is 5.26 Å². The summed E-state index contributed by atoms with van der Waals surface area (Å²) in [6.07, 6.45) is 0. The molecule has 5 heteroatoms. The summed E-state index contributed by atoms with van der Waals surface area (Å²) in [7, 11) is 0. The van der Waals surface area contributed by atoms with Gasteiger partial charge in [-0.1, -0.05) is 36.4 Å². The number of amides is 1. The van der Waals surface area contributed by atoms with Gasteiger partial charge in [0.15, 0.2) is 0 Å². The number of rotatable bonds is 2. The molecule has 1 aliphatic rings. The Morgan fingerprint density at radius 3 is 2.48 bits per heavy atom. The number of carbonyl (C=O) groups excluding carboxylic acids is 2. The van der Waals surface area contributed by atoms with Crippen LogP contribution in [0.25, 0.3) is 0 Å². The first-order valence-corrected chi connectivity index (χ1v) is 7.04. The van der Waals surface area contributed by atoms with E-state index in [-0.39, 0.29) is 17.3 Å². The molecule has 0 aromatic heterocycles. The van der Waals surface area contributed by atoms with Gasteiger partial charge in [0.25, 0.3) is 5.91 Å². The summed E-state index contributed by atoms with van der Waals surface area (Å²) in [5.41, 5.74) is 2.12. The zero-order valence-electron chi connectivity index (χ0n) is 12.4. The summed E-state index contributed by atoms with van der Waals surface area (Å²) < 4.78 is 0. The van der Waals surface area contributed by atoms with Gasteiger partial charge in [0, 0.05) is 5.56 Å². The lowest BCUT2D eigenvalue weighted by atomic mass is 9.99. The Hall–Kier alpha value is -3.39. The zero-order chi connectivity index (χ0) is 16.4. The van der Waals surface area contributed by atoms with E-state index in [1.165, 1.54) is 0 Å². The van der Waals surface area contributed by atoms with Crippen molar-refractivity contribution in [3.8, 4) is 6.07 Å². The van der Waals surface area contributed by atoms with Gasteiger partial charge in [0.05, 0.1) is 11.3 Å². The highest BCUT2D eigenvalue weighted by Gasteiger charge is 2.25. The number of Topliss-reactive ketones (excluding diaryl/α,β-unsaturated/α-hetero) is 1. The minimum Gasteiger partial charge on any atom is -0.340 e. The molecule has 0 radical (unpaired) electrons. The van der Waals surface area contributed by atoms with Crippen molar-refractivity contribution < 1.29 is 9.59 Å². The van der Waals surface area contributed by atoms with E-state index >= 15 is 0 Å². The van der Waals surface area contributed by atoms with Crippen LogP contribution in [0.15, 0.2) is 59.9 Å². The zero-order valence-corrected chi connectivity index (χ0v) is 12.4. The van der Waals surface area contributed by atoms with Gasteiger partial charge in [0.2, 0.25) is 5.78 Å². The molecule has 2 aromatic rings. The standard InChI is InChI=1S/C18H13N3O2/c1-11-6-2-3-7-12(11)16(22)14(10-19)17-20-15-9-5-4-8-13(15)18(23)21-17/h2-9,20H,1H3,(H,21,23)/b17-14+. The normalized spacial score (nSPS) is 14.9. The van der Waals surface area contributed by atoms with Crippen LogP contribution in [0.5, 0.6) is 0 Å². The first kappa shape index (κ1) is 14.5. The SMILES string of the molecule is Cc1ccccc1C(=O)/C(C#N)=C1/NC(=O)c2ccccc2N1. The van der Waals surface area contributed by atoms with Crippen molar-refractivity contribution in [3.05, 3.63) is 76.6 Å². The molecule has 0 saturated carbocycles. The highest BCUT2D eigenvalue weighted by atomic mass is 16.2. The lowest BCUT2D eigenvalue weighted by Crippen LogP contribution is -2.34. The summed E-state index contributed by atoms with van der Waals surface area (Å²) >= 11 is 0. The Balaban J connectivity index is 2.06. The molecule has 5 nitrogen and oxygen atoms in total. The fourth-order valence-electron chi connectivity index (χ4n) is 2.44. The van der Waals surface area contributed by atoms with E-state index in [9.17, 15) is 14.9 Å².